The summed E-state index contributed by atoms with van der Waals surface area (Å²) in [5.74, 6) is 0.210. The molecule has 3 N–H and O–H groups in total. The second kappa shape index (κ2) is 6.03. The summed E-state index contributed by atoms with van der Waals surface area (Å²) in [4.78, 5) is 11.4. The van der Waals surface area contributed by atoms with Crippen molar-refractivity contribution < 1.29 is 17.9 Å². The normalized spacial score (nSPS) is 11.2. The lowest BCUT2D eigenvalue weighted by atomic mass is 10.1. The molecule has 0 aliphatic rings. The average molecular weight is 286 g/mol. The molecule has 0 aliphatic carbocycles. The molecule has 7 heteroatoms. The first kappa shape index (κ1) is 15.5. The molecule has 106 valence electrons. The van der Waals surface area contributed by atoms with Crippen LogP contribution in [0.2, 0.25) is 0 Å². The van der Waals surface area contributed by atoms with E-state index in [4.69, 9.17) is 9.88 Å². The Morgan fingerprint density at radius 2 is 1.84 bits per heavy atom. The number of aryl methyl sites for hydroxylation is 2. The van der Waals surface area contributed by atoms with Crippen molar-refractivity contribution in [3.63, 3.8) is 0 Å². The van der Waals surface area contributed by atoms with Crippen LogP contribution in [0, 0.1) is 13.8 Å². The molecule has 0 heterocycles. The number of primary sulfonamides is 1. The summed E-state index contributed by atoms with van der Waals surface area (Å²) >= 11 is 0. The van der Waals surface area contributed by atoms with E-state index in [0.717, 1.165) is 0 Å². The topological polar surface area (TPSA) is 98.5 Å². The molecule has 0 radical (unpaired) electrons. The molecule has 19 heavy (non-hydrogen) atoms. The molecule has 1 aromatic rings. The van der Waals surface area contributed by atoms with Gasteiger partial charge in [0.15, 0.2) is 6.61 Å². The minimum absolute atomic E-state index is 0.0952. The van der Waals surface area contributed by atoms with E-state index < -0.39 is 10.0 Å². The zero-order valence-corrected chi connectivity index (χ0v) is 12.0. The van der Waals surface area contributed by atoms with Gasteiger partial charge in [-0.15, -0.1) is 0 Å². The Bertz CT molecular complexity index is 558. The number of likely N-dealkylation sites (N-methyl/N-ethyl adjacent to an activating group) is 1. The molecule has 0 fully saturated rings. The number of nitrogens with two attached hydrogens (primary N) is 1. The van der Waals surface area contributed by atoms with Crippen LogP contribution in [0.5, 0.6) is 5.75 Å². The number of ether oxygens (including phenoxy) is 1. The van der Waals surface area contributed by atoms with Crippen LogP contribution in [0.3, 0.4) is 0 Å². The number of hydrogen-bond donors (Lipinski definition) is 2. The van der Waals surface area contributed by atoms with Crippen LogP contribution in [-0.2, 0) is 14.8 Å². The van der Waals surface area contributed by atoms with Crippen molar-refractivity contribution in [2.24, 2.45) is 5.14 Å². The van der Waals surface area contributed by atoms with E-state index in [1.807, 2.05) is 6.92 Å². The number of sulfonamides is 1. The average Bonchev–Trinajstić information content (AvgIpc) is 2.23. The van der Waals surface area contributed by atoms with Gasteiger partial charge in [0, 0.05) is 6.54 Å². The minimum atomic E-state index is -3.76. The Balaban J connectivity index is 2.93. The molecule has 0 aromatic heterocycles. The Labute approximate surface area is 113 Å². The van der Waals surface area contributed by atoms with Crippen LogP contribution in [0.25, 0.3) is 0 Å². The van der Waals surface area contributed by atoms with Crippen molar-refractivity contribution in [1.82, 2.24) is 5.32 Å². The Kier molecular flexibility index (Phi) is 4.90. The van der Waals surface area contributed by atoms with E-state index in [-0.39, 0.29) is 17.4 Å². The number of rotatable bonds is 5. The molecule has 1 rings (SSSR count). The molecule has 6 nitrogen and oxygen atoms in total. The molecular formula is C12H18N2O4S. The first-order chi connectivity index (χ1) is 8.75. The molecule has 0 aliphatic heterocycles. The van der Waals surface area contributed by atoms with Gasteiger partial charge in [0.2, 0.25) is 10.0 Å². The highest BCUT2D eigenvalue weighted by Crippen LogP contribution is 2.24. The second-order valence-electron chi connectivity index (χ2n) is 4.17. The highest BCUT2D eigenvalue weighted by molar-refractivity contribution is 7.89. The van der Waals surface area contributed by atoms with Gasteiger partial charge in [-0.25, -0.2) is 13.6 Å². The van der Waals surface area contributed by atoms with Crippen molar-refractivity contribution in [3.05, 3.63) is 23.3 Å². The summed E-state index contributed by atoms with van der Waals surface area (Å²) in [6, 6.07) is 3.10. The van der Waals surface area contributed by atoms with E-state index >= 15 is 0 Å². The quantitative estimate of drug-likeness (QED) is 0.821. The monoisotopic (exact) mass is 286 g/mol. The Hall–Kier alpha value is -1.60. The van der Waals surface area contributed by atoms with Gasteiger partial charge in [0.1, 0.15) is 5.75 Å². The molecular weight excluding hydrogens is 268 g/mol. The first-order valence-corrected chi connectivity index (χ1v) is 7.34. The van der Waals surface area contributed by atoms with E-state index in [0.29, 0.717) is 23.4 Å². The van der Waals surface area contributed by atoms with Crippen molar-refractivity contribution in [1.29, 1.82) is 0 Å². The molecule has 0 saturated carbocycles. The molecule has 1 aromatic carbocycles. The van der Waals surface area contributed by atoms with Gasteiger partial charge >= 0.3 is 0 Å². The summed E-state index contributed by atoms with van der Waals surface area (Å²) in [7, 11) is -3.76. The van der Waals surface area contributed by atoms with Crippen LogP contribution in [0.4, 0.5) is 0 Å². The van der Waals surface area contributed by atoms with E-state index in [2.05, 4.69) is 5.32 Å². The van der Waals surface area contributed by atoms with Gasteiger partial charge < -0.3 is 10.1 Å². The van der Waals surface area contributed by atoms with Gasteiger partial charge in [-0.2, -0.15) is 0 Å². The number of nitrogens with one attached hydrogen (secondary N) is 1. The fourth-order valence-electron chi connectivity index (χ4n) is 1.84. The second-order valence-corrected chi connectivity index (χ2v) is 5.67. The van der Waals surface area contributed by atoms with Crippen molar-refractivity contribution in [2.45, 2.75) is 25.7 Å². The summed E-state index contributed by atoms with van der Waals surface area (Å²) < 4.78 is 28.1. The van der Waals surface area contributed by atoms with Crippen LogP contribution < -0.4 is 15.2 Å². The van der Waals surface area contributed by atoms with E-state index in [9.17, 15) is 13.2 Å². The zero-order chi connectivity index (χ0) is 14.6. The summed E-state index contributed by atoms with van der Waals surface area (Å²) in [5, 5.41) is 7.74. The standard InChI is InChI=1S/C12H18N2O4S/c1-4-14-11(15)7-18-10-5-8(2)12(9(3)6-10)19(13,16)17/h5-6H,4,7H2,1-3H3,(H,14,15)(H2,13,16,17). The molecule has 0 bridgehead atoms. The number of amides is 1. The lowest BCUT2D eigenvalue weighted by molar-refractivity contribution is -0.122. The molecule has 1 amide bonds. The highest BCUT2D eigenvalue weighted by atomic mass is 32.2. The lowest BCUT2D eigenvalue weighted by Gasteiger charge is -2.12. The van der Waals surface area contributed by atoms with Gasteiger partial charge in [0.05, 0.1) is 4.90 Å². The Morgan fingerprint density at radius 1 is 1.32 bits per heavy atom. The summed E-state index contributed by atoms with van der Waals surface area (Å²) in [6.07, 6.45) is 0. The third-order valence-electron chi connectivity index (χ3n) is 2.46. The van der Waals surface area contributed by atoms with Crippen LogP contribution in [0.15, 0.2) is 17.0 Å². The Morgan fingerprint density at radius 3 is 2.26 bits per heavy atom. The van der Waals surface area contributed by atoms with Crippen LogP contribution >= 0.6 is 0 Å². The van der Waals surface area contributed by atoms with Gasteiger partial charge in [-0.05, 0) is 44.0 Å². The molecule has 0 spiro atoms. The maximum Gasteiger partial charge on any atom is 0.257 e. The molecule has 0 unspecified atom stereocenters. The highest BCUT2D eigenvalue weighted by Gasteiger charge is 2.16. The predicted molar refractivity (Wildman–Crippen MR) is 71.5 cm³/mol. The maximum atomic E-state index is 11.4. The molecule has 0 saturated heterocycles. The summed E-state index contributed by atoms with van der Waals surface area (Å²) in [5.41, 5.74) is 0.988. The number of carbonyl (C=O) groups is 1. The smallest absolute Gasteiger partial charge is 0.257 e. The van der Waals surface area contributed by atoms with Crippen molar-refractivity contribution >= 4 is 15.9 Å². The van der Waals surface area contributed by atoms with E-state index in [1.54, 1.807) is 26.0 Å². The largest absolute Gasteiger partial charge is 0.484 e. The predicted octanol–water partition coefficient (Wildman–Crippen LogP) is 0.466. The lowest BCUT2D eigenvalue weighted by Crippen LogP contribution is -2.28. The SMILES string of the molecule is CCNC(=O)COc1cc(C)c(S(N)(=O)=O)c(C)c1. The molecule has 0 atom stereocenters. The maximum absolute atomic E-state index is 11.4. The van der Waals surface area contributed by atoms with Crippen LogP contribution in [0.1, 0.15) is 18.1 Å². The number of benzene rings is 1. The number of hydrogen-bond acceptors (Lipinski definition) is 4. The van der Waals surface area contributed by atoms with Gasteiger partial charge in [0.25, 0.3) is 5.91 Å². The zero-order valence-electron chi connectivity index (χ0n) is 11.2. The third kappa shape index (κ3) is 4.22. The van der Waals surface area contributed by atoms with E-state index in [1.165, 1.54) is 0 Å². The van der Waals surface area contributed by atoms with Crippen LogP contribution in [-0.4, -0.2) is 27.5 Å². The fraction of sp³-hybridized carbons (Fsp3) is 0.417. The number of carbonyl (C=O) groups excluding carboxylic acids is 1. The summed E-state index contributed by atoms with van der Waals surface area (Å²) in [6.45, 7) is 5.50. The van der Waals surface area contributed by atoms with Crippen molar-refractivity contribution in [3.8, 4) is 5.75 Å². The third-order valence-corrected chi connectivity index (χ3v) is 3.68. The minimum Gasteiger partial charge on any atom is -0.484 e. The van der Waals surface area contributed by atoms with Gasteiger partial charge in [-0.1, -0.05) is 0 Å². The van der Waals surface area contributed by atoms with Gasteiger partial charge in [-0.3, -0.25) is 4.79 Å². The fourth-order valence-corrected chi connectivity index (χ4v) is 2.86. The van der Waals surface area contributed by atoms with Crippen molar-refractivity contribution in [2.75, 3.05) is 13.2 Å². The first-order valence-electron chi connectivity index (χ1n) is 5.79.